The van der Waals surface area contributed by atoms with Crippen molar-refractivity contribution in [3.8, 4) is 11.5 Å². The van der Waals surface area contributed by atoms with Gasteiger partial charge in [-0.15, -0.1) is 0 Å². The Balaban J connectivity index is 3.13. The lowest BCUT2D eigenvalue weighted by atomic mass is 10.2. The van der Waals surface area contributed by atoms with Gasteiger partial charge in [0.25, 0.3) is 5.91 Å². The molecule has 1 aromatic carbocycles. The summed E-state index contributed by atoms with van der Waals surface area (Å²) < 4.78 is 10.8. The quantitative estimate of drug-likeness (QED) is 0.826. The molecule has 6 nitrogen and oxygen atoms in total. The van der Waals surface area contributed by atoms with Gasteiger partial charge < -0.3 is 20.3 Å². The smallest absolute Gasteiger partial charge is 0.335 e. The average molecular weight is 318 g/mol. The van der Waals surface area contributed by atoms with Gasteiger partial charge in [0.15, 0.2) is 18.1 Å². The third kappa shape index (κ3) is 3.63. The molecule has 0 spiro atoms. The van der Waals surface area contributed by atoms with Crippen LogP contribution in [-0.4, -0.2) is 30.2 Å². The first-order valence-electron chi connectivity index (χ1n) is 5.06. The molecule has 1 amide bonds. The fraction of sp³-hybridized carbons (Fsp3) is 0.273. The molecule has 0 unspecified atom stereocenters. The summed E-state index contributed by atoms with van der Waals surface area (Å²) in [5.41, 5.74) is 5.03. The van der Waals surface area contributed by atoms with E-state index in [1.54, 1.807) is 6.92 Å². The van der Waals surface area contributed by atoms with E-state index in [1.165, 1.54) is 12.1 Å². The fourth-order valence-corrected chi connectivity index (χ4v) is 1.79. The molecule has 0 heterocycles. The second-order valence-electron chi connectivity index (χ2n) is 3.28. The normalized spacial score (nSPS) is 9.89. The third-order valence-electron chi connectivity index (χ3n) is 1.92. The highest BCUT2D eigenvalue weighted by molar-refractivity contribution is 9.10. The number of carbonyl (C=O) groups excluding carboxylic acids is 1. The molecule has 0 aromatic heterocycles. The highest BCUT2D eigenvalue weighted by Crippen LogP contribution is 2.36. The molecule has 98 valence electrons. The van der Waals surface area contributed by atoms with Crippen LogP contribution in [0.3, 0.4) is 0 Å². The van der Waals surface area contributed by atoms with Crippen molar-refractivity contribution >= 4 is 27.8 Å². The summed E-state index contributed by atoms with van der Waals surface area (Å²) in [5, 5.41) is 8.92. The molecule has 0 fully saturated rings. The second kappa shape index (κ2) is 6.25. The van der Waals surface area contributed by atoms with Crippen molar-refractivity contribution in [3.63, 3.8) is 0 Å². The number of hydrogen-bond donors (Lipinski definition) is 2. The van der Waals surface area contributed by atoms with Crippen LogP contribution in [0.2, 0.25) is 0 Å². The van der Waals surface area contributed by atoms with E-state index < -0.39 is 11.9 Å². The number of primary amides is 1. The number of ether oxygens (including phenoxy) is 2. The Bertz CT molecular complexity index is 475. The van der Waals surface area contributed by atoms with Crippen molar-refractivity contribution in [1.82, 2.24) is 0 Å². The van der Waals surface area contributed by atoms with Crippen LogP contribution >= 0.6 is 15.9 Å². The lowest BCUT2D eigenvalue weighted by molar-refractivity contribution is -0.119. The predicted molar refractivity (Wildman–Crippen MR) is 67.0 cm³/mol. The minimum Gasteiger partial charge on any atom is -0.490 e. The van der Waals surface area contributed by atoms with E-state index in [4.69, 9.17) is 20.3 Å². The van der Waals surface area contributed by atoms with E-state index in [0.29, 0.717) is 11.1 Å². The summed E-state index contributed by atoms with van der Waals surface area (Å²) in [6.45, 7) is 1.77. The van der Waals surface area contributed by atoms with Crippen molar-refractivity contribution in [3.05, 3.63) is 22.2 Å². The van der Waals surface area contributed by atoms with Crippen LogP contribution in [0.25, 0.3) is 0 Å². The van der Waals surface area contributed by atoms with Crippen LogP contribution in [0.5, 0.6) is 11.5 Å². The Labute approximate surface area is 112 Å². The van der Waals surface area contributed by atoms with Crippen molar-refractivity contribution in [2.75, 3.05) is 13.2 Å². The number of benzene rings is 1. The highest BCUT2D eigenvalue weighted by Gasteiger charge is 2.16. The summed E-state index contributed by atoms with van der Waals surface area (Å²) in [6.07, 6.45) is 0. The number of rotatable bonds is 6. The van der Waals surface area contributed by atoms with Crippen molar-refractivity contribution in [2.24, 2.45) is 5.73 Å². The van der Waals surface area contributed by atoms with Crippen LogP contribution in [0, 0.1) is 0 Å². The van der Waals surface area contributed by atoms with E-state index in [9.17, 15) is 9.59 Å². The maximum Gasteiger partial charge on any atom is 0.335 e. The zero-order valence-corrected chi connectivity index (χ0v) is 11.2. The lowest BCUT2D eigenvalue weighted by Crippen LogP contribution is -2.20. The molecule has 0 saturated heterocycles. The lowest BCUT2D eigenvalue weighted by Gasteiger charge is -2.13. The zero-order valence-electron chi connectivity index (χ0n) is 9.60. The van der Waals surface area contributed by atoms with E-state index in [-0.39, 0.29) is 23.7 Å². The minimum absolute atomic E-state index is 0.0525. The van der Waals surface area contributed by atoms with Crippen LogP contribution in [0.1, 0.15) is 17.3 Å². The van der Waals surface area contributed by atoms with Gasteiger partial charge in [-0.25, -0.2) is 4.79 Å². The summed E-state index contributed by atoms with van der Waals surface area (Å²) >= 11 is 3.17. The zero-order chi connectivity index (χ0) is 13.7. The van der Waals surface area contributed by atoms with Gasteiger partial charge >= 0.3 is 5.97 Å². The van der Waals surface area contributed by atoms with Gasteiger partial charge in [0, 0.05) is 0 Å². The van der Waals surface area contributed by atoms with Gasteiger partial charge in [0.05, 0.1) is 16.6 Å². The highest BCUT2D eigenvalue weighted by atomic mass is 79.9. The molecule has 3 N–H and O–H groups in total. The molecule has 7 heteroatoms. The predicted octanol–water partition coefficient (Wildman–Crippen LogP) is 1.41. The number of carboxylic acid groups (broad SMARTS) is 1. The first-order valence-corrected chi connectivity index (χ1v) is 5.85. The standard InChI is InChI=1S/C11H12BrNO5/c1-2-17-8-4-6(11(15)16)3-7(12)10(8)18-5-9(13)14/h3-4H,2,5H2,1H3,(H2,13,14)(H,15,16). The Hall–Kier alpha value is -1.76. The molecule has 0 bridgehead atoms. The molecule has 0 atom stereocenters. The van der Waals surface area contributed by atoms with Crippen LogP contribution in [0.4, 0.5) is 0 Å². The Morgan fingerprint density at radius 3 is 2.56 bits per heavy atom. The monoisotopic (exact) mass is 317 g/mol. The number of amides is 1. The van der Waals surface area contributed by atoms with E-state index in [0.717, 1.165) is 0 Å². The molecule has 1 rings (SSSR count). The Kier molecular flexibility index (Phi) is 4.96. The number of hydrogen-bond acceptors (Lipinski definition) is 4. The topological polar surface area (TPSA) is 98.8 Å². The molecule has 0 radical (unpaired) electrons. The molecule has 0 saturated carbocycles. The second-order valence-corrected chi connectivity index (χ2v) is 4.13. The van der Waals surface area contributed by atoms with Crippen LogP contribution in [-0.2, 0) is 4.79 Å². The maximum absolute atomic E-state index is 10.9. The number of nitrogens with two attached hydrogens (primary N) is 1. The first-order chi connectivity index (χ1) is 8.45. The number of carbonyl (C=O) groups is 2. The van der Waals surface area contributed by atoms with Crippen LogP contribution in [0.15, 0.2) is 16.6 Å². The number of halogens is 1. The molecular formula is C11H12BrNO5. The van der Waals surface area contributed by atoms with E-state index in [1.807, 2.05) is 0 Å². The molecular weight excluding hydrogens is 306 g/mol. The fourth-order valence-electron chi connectivity index (χ4n) is 1.24. The minimum atomic E-state index is -1.09. The summed E-state index contributed by atoms with van der Waals surface area (Å²) in [7, 11) is 0. The molecule has 1 aromatic rings. The molecule has 0 aliphatic carbocycles. The van der Waals surface area contributed by atoms with Gasteiger partial charge in [-0.05, 0) is 35.0 Å². The van der Waals surface area contributed by atoms with Gasteiger partial charge in [0.1, 0.15) is 0 Å². The van der Waals surface area contributed by atoms with Gasteiger partial charge in [-0.2, -0.15) is 0 Å². The van der Waals surface area contributed by atoms with Crippen molar-refractivity contribution < 1.29 is 24.2 Å². The maximum atomic E-state index is 10.9. The summed E-state index contributed by atoms with van der Waals surface area (Å²) in [4.78, 5) is 21.6. The summed E-state index contributed by atoms with van der Waals surface area (Å²) in [6, 6.07) is 2.69. The van der Waals surface area contributed by atoms with E-state index in [2.05, 4.69) is 15.9 Å². The first kappa shape index (κ1) is 14.3. The Morgan fingerprint density at radius 1 is 1.39 bits per heavy atom. The molecule has 0 aliphatic heterocycles. The van der Waals surface area contributed by atoms with Gasteiger partial charge in [-0.1, -0.05) is 0 Å². The average Bonchev–Trinajstić information content (AvgIpc) is 2.27. The van der Waals surface area contributed by atoms with Crippen LogP contribution < -0.4 is 15.2 Å². The van der Waals surface area contributed by atoms with Gasteiger partial charge in [0.2, 0.25) is 0 Å². The largest absolute Gasteiger partial charge is 0.490 e. The molecule has 0 aliphatic rings. The number of carboxylic acids is 1. The summed E-state index contributed by atoms with van der Waals surface area (Å²) in [5.74, 6) is -1.23. The number of aromatic carboxylic acids is 1. The third-order valence-corrected chi connectivity index (χ3v) is 2.50. The molecule has 18 heavy (non-hydrogen) atoms. The van der Waals surface area contributed by atoms with E-state index >= 15 is 0 Å². The SMILES string of the molecule is CCOc1cc(C(=O)O)cc(Br)c1OCC(N)=O. The van der Waals surface area contributed by atoms with Gasteiger partial charge in [-0.3, -0.25) is 4.79 Å². The van der Waals surface area contributed by atoms with Crippen molar-refractivity contribution in [1.29, 1.82) is 0 Å². The van der Waals surface area contributed by atoms with Crippen molar-refractivity contribution in [2.45, 2.75) is 6.92 Å². The Morgan fingerprint density at radius 2 is 2.06 bits per heavy atom.